The van der Waals surface area contributed by atoms with Gasteiger partial charge >= 0.3 is 0 Å². The van der Waals surface area contributed by atoms with Crippen LogP contribution in [0.15, 0.2) is 12.5 Å². The van der Waals surface area contributed by atoms with Crippen LogP contribution in [0.3, 0.4) is 0 Å². The molecule has 1 saturated heterocycles. The van der Waals surface area contributed by atoms with Crippen molar-refractivity contribution in [3.63, 3.8) is 0 Å². The maximum Gasteiger partial charge on any atom is 0.131 e. The number of imidazole rings is 1. The fraction of sp³-hybridized carbons (Fsp3) is 0.714. The van der Waals surface area contributed by atoms with E-state index in [2.05, 4.69) is 28.3 Å². The van der Waals surface area contributed by atoms with E-state index in [9.17, 15) is 4.79 Å². The summed E-state index contributed by atoms with van der Waals surface area (Å²) in [6, 6.07) is 0.870. The molecule has 1 aromatic heterocycles. The third-order valence-corrected chi connectivity index (χ3v) is 3.69. The first-order valence-electron chi connectivity index (χ1n) is 6.82. The minimum absolute atomic E-state index is 0.296. The fourth-order valence-electron chi connectivity index (χ4n) is 2.79. The van der Waals surface area contributed by atoms with Crippen LogP contribution >= 0.6 is 0 Å². The maximum atomic E-state index is 11.3. The molecule has 0 radical (unpaired) electrons. The number of Topliss-reactive ketones (excluding diaryl/α,β-unsaturated/α-hetero) is 1. The number of carbonyl (C=O) groups excluding carboxylic acids is 1. The molecule has 0 bridgehead atoms. The zero-order valence-corrected chi connectivity index (χ0v) is 11.6. The van der Waals surface area contributed by atoms with E-state index in [-0.39, 0.29) is 0 Å². The van der Waals surface area contributed by atoms with Crippen LogP contribution < -0.4 is 0 Å². The summed E-state index contributed by atoms with van der Waals surface area (Å²) in [6.07, 6.45) is 6.89. The molecule has 1 fully saturated rings. The molecule has 0 saturated carbocycles. The topological polar surface area (TPSA) is 38.1 Å². The predicted molar refractivity (Wildman–Crippen MR) is 71.3 cm³/mol. The second-order valence-corrected chi connectivity index (χ2v) is 5.56. The highest BCUT2D eigenvalue weighted by Crippen LogP contribution is 2.23. The Morgan fingerprint density at radius 1 is 1.56 bits per heavy atom. The van der Waals surface area contributed by atoms with Crippen molar-refractivity contribution in [3.05, 3.63) is 18.2 Å². The standard InChI is InChI=1S/C14H23N3O/c1-11(2)17-10-15-8-14(17)9-16-6-4-5-13(16)7-12(3)18/h8,10-11,13H,4-7,9H2,1-3H3. The molecule has 2 rings (SSSR count). The molecule has 0 N–H and O–H groups in total. The largest absolute Gasteiger partial charge is 0.331 e. The number of likely N-dealkylation sites (tertiary alicyclic amines) is 1. The van der Waals surface area contributed by atoms with E-state index in [4.69, 9.17) is 0 Å². The van der Waals surface area contributed by atoms with Crippen molar-refractivity contribution < 1.29 is 4.79 Å². The number of aromatic nitrogens is 2. The zero-order chi connectivity index (χ0) is 13.1. The summed E-state index contributed by atoms with van der Waals surface area (Å²) < 4.78 is 2.21. The van der Waals surface area contributed by atoms with Gasteiger partial charge in [0, 0.05) is 31.2 Å². The lowest BCUT2D eigenvalue weighted by molar-refractivity contribution is -0.118. The number of rotatable bonds is 5. The highest BCUT2D eigenvalue weighted by molar-refractivity contribution is 5.76. The van der Waals surface area contributed by atoms with Gasteiger partial charge in [-0.15, -0.1) is 0 Å². The van der Waals surface area contributed by atoms with E-state index < -0.39 is 0 Å². The molecule has 18 heavy (non-hydrogen) atoms. The van der Waals surface area contributed by atoms with Crippen molar-refractivity contribution >= 4 is 5.78 Å². The van der Waals surface area contributed by atoms with Crippen LogP contribution in [-0.2, 0) is 11.3 Å². The summed E-state index contributed by atoms with van der Waals surface area (Å²) in [6.45, 7) is 8.04. The molecular formula is C14H23N3O. The Morgan fingerprint density at radius 3 is 3.00 bits per heavy atom. The third kappa shape index (κ3) is 2.99. The van der Waals surface area contributed by atoms with Gasteiger partial charge in [0.15, 0.2) is 0 Å². The van der Waals surface area contributed by atoms with Crippen molar-refractivity contribution in [3.8, 4) is 0 Å². The molecule has 0 amide bonds. The lowest BCUT2D eigenvalue weighted by Gasteiger charge is -2.24. The van der Waals surface area contributed by atoms with Crippen molar-refractivity contribution in [1.82, 2.24) is 14.5 Å². The van der Waals surface area contributed by atoms with Crippen molar-refractivity contribution in [2.24, 2.45) is 0 Å². The van der Waals surface area contributed by atoms with Gasteiger partial charge in [-0.2, -0.15) is 0 Å². The zero-order valence-electron chi connectivity index (χ0n) is 11.6. The summed E-state index contributed by atoms with van der Waals surface area (Å²) in [5.41, 5.74) is 1.25. The van der Waals surface area contributed by atoms with E-state index in [0.717, 1.165) is 19.5 Å². The van der Waals surface area contributed by atoms with Crippen LogP contribution in [0.25, 0.3) is 0 Å². The molecule has 4 heteroatoms. The molecule has 2 heterocycles. The second kappa shape index (κ2) is 5.65. The molecular weight excluding hydrogens is 226 g/mol. The van der Waals surface area contributed by atoms with Crippen molar-refractivity contribution in [2.75, 3.05) is 6.54 Å². The summed E-state index contributed by atoms with van der Waals surface area (Å²) in [4.78, 5) is 17.9. The molecule has 0 aliphatic carbocycles. The molecule has 1 aromatic rings. The monoisotopic (exact) mass is 249 g/mol. The highest BCUT2D eigenvalue weighted by atomic mass is 16.1. The smallest absolute Gasteiger partial charge is 0.131 e. The van der Waals surface area contributed by atoms with E-state index in [0.29, 0.717) is 24.3 Å². The summed E-state index contributed by atoms with van der Waals surface area (Å²) in [5, 5.41) is 0. The Kier molecular flexibility index (Phi) is 4.17. The number of nitrogens with zero attached hydrogens (tertiary/aromatic N) is 3. The molecule has 4 nitrogen and oxygen atoms in total. The normalized spacial score (nSPS) is 20.8. The average molecular weight is 249 g/mol. The summed E-state index contributed by atoms with van der Waals surface area (Å²) in [7, 11) is 0. The number of hydrogen-bond acceptors (Lipinski definition) is 3. The van der Waals surface area contributed by atoms with Gasteiger partial charge in [0.1, 0.15) is 5.78 Å². The van der Waals surface area contributed by atoms with Crippen LogP contribution in [0.1, 0.15) is 51.8 Å². The number of carbonyl (C=O) groups is 1. The Balaban J connectivity index is 2.03. The minimum Gasteiger partial charge on any atom is -0.331 e. The van der Waals surface area contributed by atoms with E-state index in [1.165, 1.54) is 12.1 Å². The third-order valence-electron chi connectivity index (χ3n) is 3.69. The average Bonchev–Trinajstić information content (AvgIpc) is 2.88. The van der Waals surface area contributed by atoms with Gasteiger partial charge < -0.3 is 4.57 Å². The first-order valence-corrected chi connectivity index (χ1v) is 6.82. The van der Waals surface area contributed by atoms with Gasteiger partial charge in [0.05, 0.1) is 12.0 Å². The summed E-state index contributed by atoms with van der Waals surface area (Å²) >= 11 is 0. The van der Waals surface area contributed by atoms with Crippen molar-refractivity contribution in [2.45, 2.75) is 58.7 Å². The first-order chi connectivity index (χ1) is 8.58. The van der Waals surface area contributed by atoms with Gasteiger partial charge in [-0.1, -0.05) is 0 Å². The van der Waals surface area contributed by atoms with Gasteiger partial charge in [0.25, 0.3) is 0 Å². The van der Waals surface area contributed by atoms with E-state index >= 15 is 0 Å². The summed E-state index contributed by atoms with van der Waals surface area (Å²) in [5.74, 6) is 0.296. The van der Waals surface area contributed by atoms with E-state index in [1.807, 2.05) is 12.5 Å². The Labute approximate surface area is 109 Å². The first kappa shape index (κ1) is 13.3. The number of hydrogen-bond donors (Lipinski definition) is 0. The Morgan fingerprint density at radius 2 is 2.33 bits per heavy atom. The SMILES string of the molecule is CC(=O)CC1CCCN1Cc1cncn1C(C)C. The van der Waals surface area contributed by atoms with Crippen LogP contribution in [-0.4, -0.2) is 32.8 Å². The Hall–Kier alpha value is -1.16. The molecule has 1 atom stereocenters. The quantitative estimate of drug-likeness (QED) is 0.804. The van der Waals surface area contributed by atoms with Crippen molar-refractivity contribution in [1.29, 1.82) is 0 Å². The van der Waals surface area contributed by atoms with Gasteiger partial charge in [0.2, 0.25) is 0 Å². The fourth-order valence-corrected chi connectivity index (χ4v) is 2.79. The molecule has 1 aliphatic heterocycles. The van der Waals surface area contributed by atoms with Gasteiger partial charge in [-0.25, -0.2) is 4.98 Å². The van der Waals surface area contributed by atoms with Gasteiger partial charge in [-0.3, -0.25) is 9.69 Å². The second-order valence-electron chi connectivity index (χ2n) is 5.56. The molecule has 1 unspecified atom stereocenters. The number of ketones is 1. The van der Waals surface area contributed by atoms with Gasteiger partial charge in [-0.05, 0) is 40.2 Å². The predicted octanol–water partition coefficient (Wildman–Crippen LogP) is 2.41. The molecule has 0 spiro atoms. The van der Waals surface area contributed by atoms with Crippen LogP contribution in [0.2, 0.25) is 0 Å². The van der Waals surface area contributed by atoms with Crippen LogP contribution in [0.4, 0.5) is 0 Å². The van der Waals surface area contributed by atoms with E-state index in [1.54, 1.807) is 6.92 Å². The lowest BCUT2D eigenvalue weighted by Crippen LogP contribution is -2.31. The lowest BCUT2D eigenvalue weighted by atomic mass is 10.1. The van der Waals surface area contributed by atoms with Crippen LogP contribution in [0.5, 0.6) is 0 Å². The van der Waals surface area contributed by atoms with Crippen LogP contribution in [0, 0.1) is 0 Å². The molecule has 0 aromatic carbocycles. The Bertz CT molecular complexity index is 411. The maximum absolute atomic E-state index is 11.3. The highest BCUT2D eigenvalue weighted by Gasteiger charge is 2.26. The molecule has 1 aliphatic rings. The minimum atomic E-state index is 0.296. The molecule has 100 valence electrons.